The van der Waals surface area contributed by atoms with Crippen molar-refractivity contribution >= 4 is 23.0 Å². The second-order valence-corrected chi connectivity index (χ2v) is 5.44. The smallest absolute Gasteiger partial charge is 0.223 e. The molecule has 22 heavy (non-hydrogen) atoms. The first kappa shape index (κ1) is 14.3. The zero-order valence-electron chi connectivity index (χ0n) is 12.8. The van der Waals surface area contributed by atoms with Gasteiger partial charge in [0.25, 0.3) is 0 Å². The van der Waals surface area contributed by atoms with E-state index < -0.39 is 0 Å². The van der Waals surface area contributed by atoms with Crippen molar-refractivity contribution in [2.24, 2.45) is 5.10 Å². The maximum atomic E-state index is 11.6. The van der Waals surface area contributed by atoms with E-state index in [2.05, 4.69) is 16.6 Å². The Balaban J connectivity index is 1.76. The number of anilines is 2. The summed E-state index contributed by atoms with van der Waals surface area (Å²) in [5, 5.41) is 4.43. The number of rotatable bonds is 3. The van der Waals surface area contributed by atoms with Crippen molar-refractivity contribution in [3.63, 3.8) is 0 Å². The predicted octanol–water partition coefficient (Wildman–Crippen LogP) is 3.43. The average Bonchev–Trinajstić information content (AvgIpc) is 2.96. The van der Waals surface area contributed by atoms with Crippen molar-refractivity contribution in [3.05, 3.63) is 59.7 Å². The van der Waals surface area contributed by atoms with Crippen LogP contribution in [-0.4, -0.2) is 18.2 Å². The van der Waals surface area contributed by atoms with Gasteiger partial charge in [0, 0.05) is 19.2 Å². The van der Waals surface area contributed by atoms with E-state index in [-0.39, 0.29) is 5.91 Å². The number of carbonyl (C=O) groups is 1. The van der Waals surface area contributed by atoms with Gasteiger partial charge in [0.15, 0.2) is 0 Å². The topological polar surface area (TPSA) is 44.7 Å². The maximum Gasteiger partial charge on any atom is 0.223 e. The first-order valence-electron chi connectivity index (χ1n) is 7.42. The molecule has 2 aromatic rings. The van der Waals surface area contributed by atoms with Crippen LogP contribution in [0, 0.1) is 0 Å². The first-order valence-corrected chi connectivity index (χ1v) is 7.42. The highest BCUT2D eigenvalue weighted by molar-refractivity contribution is 5.99. The van der Waals surface area contributed by atoms with E-state index in [1.165, 1.54) is 5.56 Å². The summed E-state index contributed by atoms with van der Waals surface area (Å²) in [6.07, 6.45) is 0.895. The average molecular weight is 293 g/mol. The Morgan fingerprint density at radius 3 is 2.64 bits per heavy atom. The van der Waals surface area contributed by atoms with Gasteiger partial charge in [0.2, 0.25) is 5.91 Å². The number of carbonyl (C=O) groups excluding carboxylic acids is 1. The highest BCUT2D eigenvalue weighted by Gasteiger charge is 2.21. The van der Waals surface area contributed by atoms with E-state index in [0.29, 0.717) is 0 Å². The lowest BCUT2D eigenvalue weighted by Gasteiger charge is -2.14. The van der Waals surface area contributed by atoms with Gasteiger partial charge in [-0.15, -0.1) is 0 Å². The fourth-order valence-corrected chi connectivity index (χ4v) is 2.69. The van der Waals surface area contributed by atoms with Crippen LogP contribution in [0.5, 0.6) is 0 Å². The van der Waals surface area contributed by atoms with Crippen LogP contribution in [0.2, 0.25) is 0 Å². The van der Waals surface area contributed by atoms with E-state index in [9.17, 15) is 4.79 Å². The van der Waals surface area contributed by atoms with Gasteiger partial charge in [0.05, 0.1) is 11.4 Å². The molecule has 0 aromatic heterocycles. The number of fused-ring (bicyclic) bond motifs is 1. The summed E-state index contributed by atoms with van der Waals surface area (Å²) in [5.41, 5.74) is 8.28. The van der Waals surface area contributed by atoms with Crippen LogP contribution in [0.15, 0.2) is 53.6 Å². The summed E-state index contributed by atoms with van der Waals surface area (Å²) >= 11 is 0. The molecule has 0 bridgehead atoms. The fourth-order valence-electron chi connectivity index (χ4n) is 2.69. The molecule has 1 aliphatic rings. The minimum absolute atomic E-state index is 0.0948. The third-order valence-electron chi connectivity index (χ3n) is 3.90. The molecule has 4 heteroatoms. The van der Waals surface area contributed by atoms with Crippen LogP contribution < -0.4 is 10.3 Å². The van der Waals surface area contributed by atoms with Gasteiger partial charge < -0.3 is 4.90 Å². The lowest BCUT2D eigenvalue weighted by molar-refractivity contribution is -0.116. The third-order valence-corrected chi connectivity index (χ3v) is 3.90. The molecule has 0 spiro atoms. The summed E-state index contributed by atoms with van der Waals surface area (Å²) < 4.78 is 0. The Morgan fingerprint density at radius 2 is 1.91 bits per heavy atom. The number of hydrogen-bond acceptors (Lipinski definition) is 3. The van der Waals surface area contributed by atoms with E-state index in [0.717, 1.165) is 35.6 Å². The first-order chi connectivity index (χ1) is 10.6. The second-order valence-electron chi connectivity index (χ2n) is 5.44. The monoisotopic (exact) mass is 293 g/mol. The van der Waals surface area contributed by atoms with Crippen molar-refractivity contribution in [1.82, 2.24) is 0 Å². The molecule has 1 aliphatic heterocycles. The molecule has 3 rings (SSSR count). The number of benzene rings is 2. The minimum atomic E-state index is 0.0948. The predicted molar refractivity (Wildman–Crippen MR) is 90.4 cm³/mol. The summed E-state index contributed by atoms with van der Waals surface area (Å²) in [6, 6.07) is 16.1. The number of amides is 1. The Hall–Kier alpha value is -2.62. The SMILES string of the molecule is CC(=O)N1CCc2cc(N/N=C(\C)c3ccccc3)ccc21. The molecule has 1 heterocycles. The number of nitrogens with one attached hydrogen (secondary N) is 1. The Kier molecular flexibility index (Phi) is 3.92. The van der Waals surface area contributed by atoms with Crippen LogP contribution in [0.3, 0.4) is 0 Å². The molecule has 0 radical (unpaired) electrons. The van der Waals surface area contributed by atoms with Crippen molar-refractivity contribution in [2.75, 3.05) is 16.9 Å². The van der Waals surface area contributed by atoms with Gasteiger partial charge in [-0.25, -0.2) is 0 Å². The van der Waals surface area contributed by atoms with Gasteiger partial charge in [-0.3, -0.25) is 10.2 Å². The van der Waals surface area contributed by atoms with E-state index in [4.69, 9.17) is 0 Å². The molecule has 112 valence electrons. The standard InChI is InChI=1S/C18H19N3O/c1-13(15-6-4-3-5-7-15)19-20-17-8-9-18-16(12-17)10-11-21(18)14(2)22/h3-9,12,20H,10-11H2,1-2H3/b19-13+. The highest BCUT2D eigenvalue weighted by atomic mass is 16.2. The third kappa shape index (κ3) is 2.86. The van der Waals surface area contributed by atoms with Crippen LogP contribution in [0.25, 0.3) is 0 Å². The van der Waals surface area contributed by atoms with Gasteiger partial charge in [-0.2, -0.15) is 5.10 Å². The van der Waals surface area contributed by atoms with Gasteiger partial charge in [-0.05, 0) is 42.7 Å². The molecule has 0 atom stereocenters. The largest absolute Gasteiger partial charge is 0.312 e. The van der Waals surface area contributed by atoms with Crippen LogP contribution >= 0.6 is 0 Å². The summed E-state index contributed by atoms with van der Waals surface area (Å²) in [5.74, 6) is 0.0948. The summed E-state index contributed by atoms with van der Waals surface area (Å²) in [4.78, 5) is 13.4. The van der Waals surface area contributed by atoms with Crippen molar-refractivity contribution in [3.8, 4) is 0 Å². The molecule has 2 aromatic carbocycles. The van der Waals surface area contributed by atoms with Crippen LogP contribution in [0.4, 0.5) is 11.4 Å². The fraction of sp³-hybridized carbons (Fsp3) is 0.222. The van der Waals surface area contributed by atoms with Crippen LogP contribution in [0.1, 0.15) is 25.0 Å². The Morgan fingerprint density at radius 1 is 1.14 bits per heavy atom. The van der Waals surface area contributed by atoms with E-state index in [1.807, 2.05) is 54.3 Å². The number of nitrogens with zero attached hydrogens (tertiary/aromatic N) is 2. The van der Waals surface area contributed by atoms with Crippen molar-refractivity contribution in [2.45, 2.75) is 20.3 Å². The van der Waals surface area contributed by atoms with Crippen molar-refractivity contribution < 1.29 is 4.79 Å². The van der Waals surface area contributed by atoms with E-state index in [1.54, 1.807) is 6.92 Å². The lowest BCUT2D eigenvalue weighted by Crippen LogP contribution is -2.25. The normalized spacial score (nSPS) is 13.9. The molecule has 0 unspecified atom stereocenters. The zero-order chi connectivity index (χ0) is 15.5. The molecule has 1 N–H and O–H groups in total. The Labute approximate surface area is 130 Å². The van der Waals surface area contributed by atoms with Crippen molar-refractivity contribution in [1.29, 1.82) is 0 Å². The molecule has 1 amide bonds. The van der Waals surface area contributed by atoms with E-state index >= 15 is 0 Å². The number of hydrogen-bond donors (Lipinski definition) is 1. The molecular weight excluding hydrogens is 274 g/mol. The lowest BCUT2D eigenvalue weighted by atomic mass is 10.1. The highest BCUT2D eigenvalue weighted by Crippen LogP contribution is 2.30. The zero-order valence-corrected chi connectivity index (χ0v) is 12.8. The number of hydrazone groups is 1. The molecule has 0 saturated carbocycles. The second kappa shape index (κ2) is 6.02. The molecule has 0 saturated heterocycles. The summed E-state index contributed by atoms with van der Waals surface area (Å²) in [6.45, 7) is 4.35. The van der Waals surface area contributed by atoms with Crippen LogP contribution in [-0.2, 0) is 11.2 Å². The molecular formula is C18H19N3O. The molecule has 0 fully saturated rings. The molecule has 4 nitrogen and oxygen atoms in total. The van der Waals surface area contributed by atoms with Gasteiger partial charge in [-0.1, -0.05) is 30.3 Å². The quantitative estimate of drug-likeness (QED) is 0.696. The maximum absolute atomic E-state index is 11.6. The summed E-state index contributed by atoms with van der Waals surface area (Å²) in [7, 11) is 0. The van der Waals surface area contributed by atoms with Gasteiger partial charge >= 0.3 is 0 Å². The molecule has 0 aliphatic carbocycles. The van der Waals surface area contributed by atoms with Gasteiger partial charge in [0.1, 0.15) is 0 Å². The Bertz CT molecular complexity index is 722. The minimum Gasteiger partial charge on any atom is -0.312 e.